The number of thiazole rings is 1. The molecule has 0 bridgehead atoms. The maximum Gasteiger partial charge on any atom is 0.258 e. The second-order valence-electron chi connectivity index (χ2n) is 2.29. The second-order valence-corrected chi connectivity index (χ2v) is 3.16. The van der Waals surface area contributed by atoms with Crippen LogP contribution in [0.15, 0.2) is 22.4 Å². The molecule has 4 heteroatoms. The number of aryl methyl sites for hydroxylation is 1. The molecule has 0 saturated heterocycles. The monoisotopic (exact) mass is 196 g/mol. The van der Waals surface area contributed by atoms with Crippen molar-refractivity contribution >= 4 is 16.3 Å². The van der Waals surface area contributed by atoms with Gasteiger partial charge in [0, 0.05) is 23.3 Å². The first-order chi connectivity index (χ1) is 6.27. The molecule has 0 unspecified atom stereocenters. The Balaban J connectivity index is 0.000000396. The third-order valence-corrected chi connectivity index (χ3v) is 2.19. The number of rotatable bonds is 0. The Morgan fingerprint density at radius 2 is 2.15 bits per heavy atom. The Hall–Kier alpha value is -1.16. The molecule has 0 saturated carbocycles. The van der Waals surface area contributed by atoms with Crippen LogP contribution in [0, 0.1) is 6.92 Å². The molecule has 2 heterocycles. The third kappa shape index (κ3) is 1.95. The molecule has 0 aliphatic heterocycles. The van der Waals surface area contributed by atoms with Gasteiger partial charge in [0.1, 0.15) is 0 Å². The van der Waals surface area contributed by atoms with E-state index in [2.05, 4.69) is 4.98 Å². The largest absolute Gasteiger partial charge is 0.269 e. The predicted molar refractivity (Wildman–Crippen MR) is 55.4 cm³/mol. The lowest BCUT2D eigenvalue weighted by atomic mass is 10.4. The molecule has 0 aliphatic carbocycles. The summed E-state index contributed by atoms with van der Waals surface area (Å²) in [7, 11) is 0. The molecule has 0 spiro atoms. The van der Waals surface area contributed by atoms with Crippen molar-refractivity contribution < 1.29 is 0 Å². The Morgan fingerprint density at radius 1 is 1.46 bits per heavy atom. The molecule has 0 aliphatic rings. The van der Waals surface area contributed by atoms with E-state index in [-0.39, 0.29) is 5.56 Å². The van der Waals surface area contributed by atoms with Gasteiger partial charge in [-0.25, -0.2) is 4.98 Å². The van der Waals surface area contributed by atoms with Crippen LogP contribution in [0.25, 0.3) is 4.96 Å². The summed E-state index contributed by atoms with van der Waals surface area (Å²) in [5.74, 6) is 0. The molecule has 2 rings (SSSR count). The number of nitrogens with zero attached hydrogens (tertiary/aromatic N) is 2. The van der Waals surface area contributed by atoms with Gasteiger partial charge in [0.05, 0.1) is 0 Å². The molecular formula is C9H12N2OS. The van der Waals surface area contributed by atoms with E-state index >= 15 is 0 Å². The van der Waals surface area contributed by atoms with E-state index in [0.29, 0.717) is 0 Å². The summed E-state index contributed by atoms with van der Waals surface area (Å²) < 4.78 is 1.54. The maximum absolute atomic E-state index is 11.2. The van der Waals surface area contributed by atoms with Crippen LogP contribution in [-0.4, -0.2) is 9.38 Å². The lowest BCUT2D eigenvalue weighted by Crippen LogP contribution is -2.11. The summed E-state index contributed by atoms with van der Waals surface area (Å²) in [4.78, 5) is 16.1. The van der Waals surface area contributed by atoms with Gasteiger partial charge in [-0.1, -0.05) is 13.8 Å². The molecule has 70 valence electrons. The Morgan fingerprint density at radius 3 is 2.85 bits per heavy atom. The number of hydrogen-bond donors (Lipinski definition) is 0. The van der Waals surface area contributed by atoms with Crippen molar-refractivity contribution in [1.29, 1.82) is 0 Å². The summed E-state index contributed by atoms with van der Waals surface area (Å²) in [5.41, 5.74) is 0.770. The highest BCUT2D eigenvalue weighted by Crippen LogP contribution is 2.05. The topological polar surface area (TPSA) is 34.4 Å². The minimum atomic E-state index is -0.00579. The zero-order chi connectivity index (χ0) is 9.84. The number of aromatic nitrogens is 2. The second kappa shape index (κ2) is 4.18. The van der Waals surface area contributed by atoms with Crippen molar-refractivity contribution in [1.82, 2.24) is 9.38 Å². The molecule has 0 aromatic carbocycles. The van der Waals surface area contributed by atoms with Crippen LogP contribution in [0.4, 0.5) is 0 Å². The molecule has 0 radical (unpaired) electrons. The van der Waals surface area contributed by atoms with Crippen LogP contribution < -0.4 is 5.56 Å². The zero-order valence-electron chi connectivity index (χ0n) is 7.94. The molecule has 0 N–H and O–H groups in total. The molecular weight excluding hydrogens is 184 g/mol. The number of hydrogen-bond acceptors (Lipinski definition) is 3. The molecule has 0 fully saturated rings. The summed E-state index contributed by atoms with van der Waals surface area (Å²) in [5, 5.41) is 1.85. The SMILES string of the molecule is CC.Cc1cc(=O)n2ccsc2n1. The van der Waals surface area contributed by atoms with Crippen LogP contribution in [-0.2, 0) is 0 Å². The molecule has 3 nitrogen and oxygen atoms in total. The average Bonchev–Trinajstić information content (AvgIpc) is 2.55. The molecule has 13 heavy (non-hydrogen) atoms. The first kappa shape index (κ1) is 9.92. The standard InChI is InChI=1S/C7H6N2OS.C2H6/c1-5-4-6(10)9-2-3-11-7(9)8-5;1-2/h2-4H,1H3;1-2H3. The van der Waals surface area contributed by atoms with Crippen molar-refractivity contribution in [2.45, 2.75) is 20.8 Å². The zero-order valence-corrected chi connectivity index (χ0v) is 8.76. The molecule has 0 atom stereocenters. The summed E-state index contributed by atoms with van der Waals surface area (Å²) in [6.45, 7) is 5.82. The van der Waals surface area contributed by atoms with Crippen molar-refractivity contribution in [2.75, 3.05) is 0 Å². The normalized spacial score (nSPS) is 9.46. The highest BCUT2D eigenvalue weighted by Gasteiger charge is 1.97. The highest BCUT2D eigenvalue weighted by atomic mass is 32.1. The van der Waals surface area contributed by atoms with Gasteiger partial charge in [0.2, 0.25) is 0 Å². The van der Waals surface area contributed by atoms with Gasteiger partial charge in [-0.2, -0.15) is 0 Å². The van der Waals surface area contributed by atoms with Gasteiger partial charge >= 0.3 is 0 Å². The van der Waals surface area contributed by atoms with Crippen molar-refractivity contribution in [3.63, 3.8) is 0 Å². The first-order valence-corrected chi connectivity index (χ1v) is 5.09. The van der Waals surface area contributed by atoms with Gasteiger partial charge in [-0.15, -0.1) is 11.3 Å². The van der Waals surface area contributed by atoms with E-state index in [1.165, 1.54) is 21.8 Å². The van der Waals surface area contributed by atoms with E-state index in [0.717, 1.165) is 10.7 Å². The Labute approximate surface area is 80.7 Å². The molecule has 2 aromatic rings. The van der Waals surface area contributed by atoms with Gasteiger partial charge in [-0.05, 0) is 6.92 Å². The Kier molecular flexibility index (Phi) is 3.19. The predicted octanol–water partition coefficient (Wildman–Crippen LogP) is 2.09. The molecule has 0 amide bonds. The minimum absolute atomic E-state index is 0.00579. The quantitative estimate of drug-likeness (QED) is 0.646. The van der Waals surface area contributed by atoms with Gasteiger partial charge in [0.25, 0.3) is 5.56 Å². The van der Waals surface area contributed by atoms with Gasteiger partial charge in [0.15, 0.2) is 4.96 Å². The van der Waals surface area contributed by atoms with E-state index in [9.17, 15) is 4.79 Å². The molecule has 2 aromatic heterocycles. The summed E-state index contributed by atoms with van der Waals surface area (Å²) in [6.07, 6.45) is 1.73. The lowest BCUT2D eigenvalue weighted by molar-refractivity contribution is 1.05. The van der Waals surface area contributed by atoms with Crippen LogP contribution in [0.1, 0.15) is 19.5 Å². The maximum atomic E-state index is 11.2. The van der Waals surface area contributed by atoms with Gasteiger partial charge in [-0.3, -0.25) is 9.20 Å². The highest BCUT2D eigenvalue weighted by molar-refractivity contribution is 7.15. The van der Waals surface area contributed by atoms with E-state index in [1.54, 1.807) is 6.20 Å². The third-order valence-electron chi connectivity index (χ3n) is 1.43. The van der Waals surface area contributed by atoms with Crippen LogP contribution in [0.3, 0.4) is 0 Å². The van der Waals surface area contributed by atoms with Crippen LogP contribution in [0.2, 0.25) is 0 Å². The van der Waals surface area contributed by atoms with Crippen molar-refractivity contribution in [3.05, 3.63) is 33.7 Å². The van der Waals surface area contributed by atoms with Crippen LogP contribution >= 0.6 is 11.3 Å². The van der Waals surface area contributed by atoms with Crippen LogP contribution in [0.5, 0.6) is 0 Å². The Bertz CT molecular complexity index is 444. The first-order valence-electron chi connectivity index (χ1n) is 4.21. The minimum Gasteiger partial charge on any atom is -0.269 e. The fraction of sp³-hybridized carbons (Fsp3) is 0.333. The fourth-order valence-corrected chi connectivity index (χ4v) is 1.72. The van der Waals surface area contributed by atoms with Crippen molar-refractivity contribution in [3.8, 4) is 0 Å². The van der Waals surface area contributed by atoms with Crippen molar-refractivity contribution in [2.24, 2.45) is 0 Å². The smallest absolute Gasteiger partial charge is 0.258 e. The van der Waals surface area contributed by atoms with E-state index in [4.69, 9.17) is 0 Å². The van der Waals surface area contributed by atoms with E-state index in [1.807, 2.05) is 26.2 Å². The summed E-state index contributed by atoms with van der Waals surface area (Å²) in [6, 6.07) is 1.53. The number of fused-ring (bicyclic) bond motifs is 1. The van der Waals surface area contributed by atoms with E-state index < -0.39 is 0 Å². The fourth-order valence-electron chi connectivity index (χ4n) is 0.952. The average molecular weight is 196 g/mol. The summed E-state index contributed by atoms with van der Waals surface area (Å²) >= 11 is 1.47. The lowest BCUT2D eigenvalue weighted by Gasteiger charge is -1.91. The van der Waals surface area contributed by atoms with Gasteiger partial charge < -0.3 is 0 Å².